The van der Waals surface area contributed by atoms with Gasteiger partial charge in [-0.1, -0.05) is 84.4 Å². The van der Waals surface area contributed by atoms with E-state index >= 15 is 0 Å². The molecule has 1 saturated carbocycles. The van der Waals surface area contributed by atoms with Crippen LogP contribution in [0.3, 0.4) is 0 Å². The van der Waals surface area contributed by atoms with Gasteiger partial charge in [0.05, 0.1) is 20.6 Å². The first-order valence-corrected chi connectivity index (χ1v) is 16.9. The molecule has 1 atom stereocenters. The molecule has 0 spiro atoms. The number of nitrogens with zero attached hydrogens (tertiary/aromatic N) is 2. The van der Waals surface area contributed by atoms with Crippen LogP contribution in [0.1, 0.15) is 55.7 Å². The van der Waals surface area contributed by atoms with E-state index in [1.54, 1.807) is 49.4 Å². The second kappa shape index (κ2) is 14.3. The molecule has 0 aliphatic heterocycles. The minimum absolute atomic E-state index is 0.0270. The highest BCUT2D eigenvalue weighted by Gasteiger charge is 2.35. The largest absolute Gasteiger partial charge is 0.352 e. The lowest BCUT2D eigenvalue weighted by Gasteiger charge is -2.34. The number of hydrogen-bond donors (Lipinski definition) is 1. The molecule has 11 heteroatoms. The van der Waals surface area contributed by atoms with Gasteiger partial charge in [0, 0.05) is 17.6 Å². The van der Waals surface area contributed by atoms with E-state index in [-0.39, 0.29) is 29.1 Å². The Labute approximate surface area is 269 Å². The van der Waals surface area contributed by atoms with Gasteiger partial charge in [-0.25, -0.2) is 8.42 Å². The zero-order chi connectivity index (χ0) is 31.3. The fraction of sp³-hybridized carbons (Fsp3) is 0.375. The van der Waals surface area contributed by atoms with Crippen LogP contribution in [0, 0.1) is 13.8 Å². The van der Waals surface area contributed by atoms with E-state index in [9.17, 15) is 18.0 Å². The molecule has 230 valence electrons. The number of halogens is 3. The maximum absolute atomic E-state index is 14.3. The standard InChI is InChI=1S/C32H36Cl3N3O4S/c1-4-29(32(40)36-25-7-5-6-8-25)37(19-23-12-16-27(34)28(35)17-23)31(39)20-38(30-18-24(33)13-11-22(30)3)43(41,42)26-14-9-21(2)10-15-26/h9-18,25,29H,4-8,19-20H2,1-3H3,(H,36,40)/t29-/m0/s1. The zero-order valence-electron chi connectivity index (χ0n) is 24.4. The van der Waals surface area contributed by atoms with Gasteiger partial charge in [-0.2, -0.15) is 0 Å². The molecule has 4 rings (SSSR count). The predicted octanol–water partition coefficient (Wildman–Crippen LogP) is 7.33. The summed E-state index contributed by atoms with van der Waals surface area (Å²) in [6, 6.07) is 15.6. The van der Waals surface area contributed by atoms with Gasteiger partial charge in [0.15, 0.2) is 0 Å². The minimum Gasteiger partial charge on any atom is -0.352 e. The van der Waals surface area contributed by atoms with Crippen LogP contribution in [-0.2, 0) is 26.2 Å². The van der Waals surface area contributed by atoms with Gasteiger partial charge in [0.1, 0.15) is 12.6 Å². The number of amides is 2. The molecule has 0 bridgehead atoms. The number of anilines is 1. The van der Waals surface area contributed by atoms with Crippen LogP contribution in [0.4, 0.5) is 5.69 Å². The highest BCUT2D eigenvalue weighted by Crippen LogP contribution is 2.31. The maximum atomic E-state index is 14.3. The molecular weight excluding hydrogens is 629 g/mol. The zero-order valence-corrected chi connectivity index (χ0v) is 27.5. The Kier molecular flexibility index (Phi) is 11.0. The van der Waals surface area contributed by atoms with Crippen molar-refractivity contribution in [2.24, 2.45) is 0 Å². The average molecular weight is 665 g/mol. The van der Waals surface area contributed by atoms with Crippen LogP contribution in [0.15, 0.2) is 65.6 Å². The molecule has 43 heavy (non-hydrogen) atoms. The monoisotopic (exact) mass is 663 g/mol. The third-order valence-corrected chi connectivity index (χ3v) is 10.5. The molecule has 1 aliphatic rings. The summed E-state index contributed by atoms with van der Waals surface area (Å²) in [5.74, 6) is -0.816. The first-order valence-electron chi connectivity index (χ1n) is 14.3. The molecule has 0 heterocycles. The third kappa shape index (κ3) is 8.04. The topological polar surface area (TPSA) is 86.8 Å². The lowest BCUT2D eigenvalue weighted by molar-refractivity contribution is -0.140. The van der Waals surface area contributed by atoms with Crippen molar-refractivity contribution in [1.82, 2.24) is 10.2 Å². The summed E-state index contributed by atoms with van der Waals surface area (Å²) in [5.41, 5.74) is 2.45. The molecular formula is C32H36Cl3N3O4S. The van der Waals surface area contributed by atoms with E-state index in [0.29, 0.717) is 32.6 Å². The summed E-state index contributed by atoms with van der Waals surface area (Å²) < 4.78 is 29.3. The van der Waals surface area contributed by atoms with Gasteiger partial charge in [-0.3, -0.25) is 13.9 Å². The number of aryl methyl sites for hydroxylation is 2. The Bertz CT molecular complexity index is 1580. The van der Waals surface area contributed by atoms with Gasteiger partial charge >= 0.3 is 0 Å². The van der Waals surface area contributed by atoms with Crippen molar-refractivity contribution in [3.63, 3.8) is 0 Å². The molecule has 0 saturated heterocycles. The Morgan fingerprint density at radius 2 is 1.60 bits per heavy atom. The SMILES string of the molecule is CC[C@@H](C(=O)NC1CCCC1)N(Cc1ccc(Cl)c(Cl)c1)C(=O)CN(c1cc(Cl)ccc1C)S(=O)(=O)c1ccc(C)cc1. The molecule has 1 N–H and O–H groups in total. The number of nitrogens with one attached hydrogen (secondary N) is 1. The fourth-order valence-electron chi connectivity index (χ4n) is 5.32. The number of carbonyl (C=O) groups excluding carboxylic acids is 2. The molecule has 0 aromatic heterocycles. The van der Waals surface area contributed by atoms with E-state index in [4.69, 9.17) is 34.8 Å². The Hall–Kier alpha value is -2.78. The Balaban J connectivity index is 1.76. The van der Waals surface area contributed by atoms with Crippen molar-refractivity contribution >= 4 is 62.3 Å². The van der Waals surface area contributed by atoms with Crippen LogP contribution >= 0.6 is 34.8 Å². The first-order chi connectivity index (χ1) is 20.4. The van der Waals surface area contributed by atoms with Crippen LogP contribution in [0.2, 0.25) is 15.1 Å². The third-order valence-electron chi connectivity index (χ3n) is 7.75. The molecule has 3 aromatic carbocycles. The van der Waals surface area contributed by atoms with E-state index in [1.165, 1.54) is 23.1 Å². The molecule has 1 aliphatic carbocycles. The second-order valence-electron chi connectivity index (χ2n) is 10.9. The highest BCUT2D eigenvalue weighted by molar-refractivity contribution is 7.92. The summed E-state index contributed by atoms with van der Waals surface area (Å²) in [7, 11) is -4.21. The van der Waals surface area contributed by atoms with Crippen molar-refractivity contribution < 1.29 is 18.0 Å². The summed E-state index contributed by atoms with van der Waals surface area (Å²) in [4.78, 5) is 29.4. The van der Waals surface area contributed by atoms with E-state index in [1.807, 2.05) is 13.8 Å². The van der Waals surface area contributed by atoms with Crippen LogP contribution in [-0.4, -0.2) is 43.8 Å². The lowest BCUT2D eigenvalue weighted by Crippen LogP contribution is -2.53. The fourth-order valence-corrected chi connectivity index (χ4v) is 7.28. The van der Waals surface area contributed by atoms with Gasteiger partial charge < -0.3 is 10.2 Å². The van der Waals surface area contributed by atoms with Crippen molar-refractivity contribution in [3.8, 4) is 0 Å². The Morgan fingerprint density at radius 1 is 0.930 bits per heavy atom. The number of rotatable bonds is 11. The molecule has 7 nitrogen and oxygen atoms in total. The van der Waals surface area contributed by atoms with Crippen LogP contribution < -0.4 is 9.62 Å². The summed E-state index contributed by atoms with van der Waals surface area (Å²) in [6.07, 6.45) is 4.18. The van der Waals surface area contributed by atoms with Gasteiger partial charge in [0.25, 0.3) is 10.0 Å². The number of benzene rings is 3. The van der Waals surface area contributed by atoms with Crippen molar-refractivity contribution in [3.05, 3.63) is 92.4 Å². The molecule has 3 aromatic rings. The number of sulfonamides is 1. The Morgan fingerprint density at radius 3 is 2.23 bits per heavy atom. The van der Waals surface area contributed by atoms with E-state index in [2.05, 4.69) is 5.32 Å². The normalized spacial score (nSPS) is 14.4. The first kappa shape index (κ1) is 33.1. The van der Waals surface area contributed by atoms with Gasteiger partial charge in [0.2, 0.25) is 11.8 Å². The summed E-state index contributed by atoms with van der Waals surface area (Å²) >= 11 is 18.7. The van der Waals surface area contributed by atoms with Crippen LogP contribution in [0.25, 0.3) is 0 Å². The number of carbonyl (C=O) groups is 2. The summed E-state index contributed by atoms with van der Waals surface area (Å²) in [5, 5.41) is 4.11. The second-order valence-corrected chi connectivity index (χ2v) is 14.1. The van der Waals surface area contributed by atoms with Gasteiger partial charge in [-0.05, 0) is 80.6 Å². The van der Waals surface area contributed by atoms with Crippen molar-refractivity contribution in [2.45, 2.75) is 76.4 Å². The smallest absolute Gasteiger partial charge is 0.264 e. The molecule has 2 amide bonds. The van der Waals surface area contributed by atoms with Gasteiger partial charge in [-0.15, -0.1) is 0 Å². The van der Waals surface area contributed by atoms with Crippen molar-refractivity contribution in [1.29, 1.82) is 0 Å². The average Bonchev–Trinajstić information content (AvgIpc) is 3.48. The quantitative estimate of drug-likeness (QED) is 0.233. The molecule has 0 unspecified atom stereocenters. The number of hydrogen-bond acceptors (Lipinski definition) is 4. The summed E-state index contributed by atoms with van der Waals surface area (Å²) in [6.45, 7) is 4.92. The van der Waals surface area contributed by atoms with Crippen LogP contribution in [0.5, 0.6) is 0 Å². The predicted molar refractivity (Wildman–Crippen MR) is 173 cm³/mol. The van der Waals surface area contributed by atoms with E-state index in [0.717, 1.165) is 35.6 Å². The van der Waals surface area contributed by atoms with E-state index < -0.39 is 28.5 Å². The maximum Gasteiger partial charge on any atom is 0.264 e. The molecule has 0 radical (unpaired) electrons. The van der Waals surface area contributed by atoms with Crippen molar-refractivity contribution in [2.75, 3.05) is 10.8 Å². The molecule has 1 fully saturated rings. The highest BCUT2D eigenvalue weighted by atomic mass is 35.5. The minimum atomic E-state index is -4.21. The lowest BCUT2D eigenvalue weighted by atomic mass is 10.1.